The number of fused-ring (bicyclic) bond motifs is 1. The van der Waals surface area contributed by atoms with Gasteiger partial charge in [0.05, 0.1) is 5.56 Å². The molecule has 1 aromatic carbocycles. The maximum atomic E-state index is 13.2. The summed E-state index contributed by atoms with van der Waals surface area (Å²) in [6, 6.07) is 5.60. The molecule has 14 heavy (non-hydrogen) atoms. The molecule has 0 spiro atoms. The molecule has 0 aliphatic carbocycles. The minimum absolute atomic E-state index is 0.204. The van der Waals surface area contributed by atoms with E-state index in [4.69, 9.17) is 5.26 Å². The van der Waals surface area contributed by atoms with Crippen LogP contribution in [0.5, 0.6) is 0 Å². The summed E-state index contributed by atoms with van der Waals surface area (Å²) in [5, 5.41) is 10.9. The molecule has 0 amide bonds. The minimum atomic E-state index is -0.204. The molecule has 70 valence electrons. The molecule has 0 unspecified atom stereocenters. The fourth-order valence-corrected chi connectivity index (χ4v) is 2.67. The van der Waals surface area contributed by atoms with Crippen molar-refractivity contribution < 1.29 is 4.39 Å². The molecule has 1 aromatic heterocycles. The van der Waals surface area contributed by atoms with E-state index >= 15 is 0 Å². The SMILES string of the molecule is CSc1cc2c(F)csc2cc1C#N. The summed E-state index contributed by atoms with van der Waals surface area (Å²) in [4.78, 5) is 0.831. The second kappa shape index (κ2) is 3.60. The van der Waals surface area contributed by atoms with Gasteiger partial charge >= 0.3 is 0 Å². The lowest BCUT2D eigenvalue weighted by atomic mass is 10.2. The molecule has 0 N–H and O–H groups in total. The van der Waals surface area contributed by atoms with Crippen LogP contribution in [0.15, 0.2) is 22.4 Å². The molecule has 1 nitrogen and oxygen atoms in total. The first kappa shape index (κ1) is 9.50. The van der Waals surface area contributed by atoms with Crippen LogP contribution in [0.2, 0.25) is 0 Å². The van der Waals surface area contributed by atoms with Crippen molar-refractivity contribution in [2.75, 3.05) is 6.26 Å². The van der Waals surface area contributed by atoms with E-state index in [1.165, 1.54) is 28.5 Å². The smallest absolute Gasteiger partial charge is 0.141 e. The third kappa shape index (κ3) is 1.39. The van der Waals surface area contributed by atoms with Gasteiger partial charge in [0.15, 0.2) is 0 Å². The van der Waals surface area contributed by atoms with Crippen molar-refractivity contribution in [3.63, 3.8) is 0 Å². The summed E-state index contributed by atoms with van der Waals surface area (Å²) in [7, 11) is 0. The van der Waals surface area contributed by atoms with Crippen LogP contribution >= 0.6 is 23.1 Å². The molecular formula is C10H6FNS2. The van der Waals surface area contributed by atoms with E-state index in [0.717, 1.165) is 9.60 Å². The molecule has 0 bridgehead atoms. The highest BCUT2D eigenvalue weighted by Crippen LogP contribution is 2.31. The Balaban J connectivity index is 2.79. The van der Waals surface area contributed by atoms with Crippen LogP contribution in [-0.4, -0.2) is 6.26 Å². The number of halogens is 1. The number of hydrogen-bond acceptors (Lipinski definition) is 3. The van der Waals surface area contributed by atoms with Crippen molar-refractivity contribution in [1.29, 1.82) is 5.26 Å². The molecule has 0 saturated carbocycles. The second-order valence-corrected chi connectivity index (χ2v) is 4.50. The van der Waals surface area contributed by atoms with E-state index in [-0.39, 0.29) is 5.82 Å². The minimum Gasteiger partial charge on any atom is -0.205 e. The monoisotopic (exact) mass is 223 g/mol. The predicted molar refractivity (Wildman–Crippen MR) is 58.3 cm³/mol. The molecule has 4 heteroatoms. The van der Waals surface area contributed by atoms with Crippen molar-refractivity contribution in [2.24, 2.45) is 0 Å². The van der Waals surface area contributed by atoms with Crippen molar-refractivity contribution >= 4 is 33.2 Å². The fourth-order valence-electron chi connectivity index (χ4n) is 1.28. The van der Waals surface area contributed by atoms with Gasteiger partial charge in [0.2, 0.25) is 0 Å². The van der Waals surface area contributed by atoms with Gasteiger partial charge in [-0.2, -0.15) is 5.26 Å². The molecule has 1 heterocycles. The van der Waals surface area contributed by atoms with E-state index < -0.39 is 0 Å². The van der Waals surface area contributed by atoms with Crippen LogP contribution in [-0.2, 0) is 0 Å². The zero-order valence-corrected chi connectivity index (χ0v) is 9.01. The molecule has 2 aromatic rings. The van der Waals surface area contributed by atoms with Crippen molar-refractivity contribution in [1.82, 2.24) is 0 Å². The average molecular weight is 223 g/mol. The first-order valence-corrected chi connectivity index (χ1v) is 6.01. The van der Waals surface area contributed by atoms with Crippen LogP contribution in [0.1, 0.15) is 5.56 Å². The highest BCUT2D eigenvalue weighted by Gasteiger charge is 2.08. The topological polar surface area (TPSA) is 23.8 Å². The van der Waals surface area contributed by atoms with Crippen LogP contribution < -0.4 is 0 Å². The summed E-state index contributed by atoms with van der Waals surface area (Å²) in [6.45, 7) is 0. The van der Waals surface area contributed by atoms with Gasteiger partial charge in [-0.25, -0.2) is 4.39 Å². The van der Waals surface area contributed by atoms with Gasteiger partial charge in [-0.15, -0.1) is 23.1 Å². The van der Waals surface area contributed by atoms with Gasteiger partial charge in [-0.1, -0.05) is 0 Å². The molecule has 0 aliphatic heterocycles. The summed E-state index contributed by atoms with van der Waals surface area (Å²) < 4.78 is 14.0. The Bertz CT molecular complexity index is 525. The third-order valence-electron chi connectivity index (χ3n) is 1.97. The van der Waals surface area contributed by atoms with E-state index in [0.29, 0.717) is 10.9 Å². The van der Waals surface area contributed by atoms with E-state index in [9.17, 15) is 4.39 Å². The highest BCUT2D eigenvalue weighted by molar-refractivity contribution is 7.98. The van der Waals surface area contributed by atoms with Gasteiger partial charge in [0.25, 0.3) is 0 Å². The number of rotatable bonds is 1. The van der Waals surface area contributed by atoms with Gasteiger partial charge in [0.1, 0.15) is 11.9 Å². The Morgan fingerprint density at radius 2 is 2.29 bits per heavy atom. The Morgan fingerprint density at radius 3 is 2.93 bits per heavy atom. The summed E-state index contributed by atoms with van der Waals surface area (Å²) in [5.74, 6) is -0.204. The van der Waals surface area contributed by atoms with E-state index in [1.54, 1.807) is 12.1 Å². The number of nitrogens with zero attached hydrogens (tertiary/aromatic N) is 1. The summed E-state index contributed by atoms with van der Waals surface area (Å²) in [6.07, 6.45) is 1.88. The van der Waals surface area contributed by atoms with Crippen molar-refractivity contribution in [3.05, 3.63) is 28.9 Å². The maximum absolute atomic E-state index is 13.2. The number of nitriles is 1. The van der Waals surface area contributed by atoms with Crippen molar-refractivity contribution in [3.8, 4) is 6.07 Å². The van der Waals surface area contributed by atoms with Gasteiger partial charge < -0.3 is 0 Å². The molecule has 2 rings (SSSR count). The Labute approximate surface area is 89.2 Å². The summed E-state index contributed by atoms with van der Waals surface area (Å²) in [5.41, 5.74) is 0.617. The standard InChI is InChI=1S/C10H6FNS2/c1-13-9-3-7-8(11)5-14-10(7)2-6(9)4-12/h2-3,5H,1H3. The Hall–Kier alpha value is -1.05. The van der Waals surface area contributed by atoms with Crippen LogP contribution in [0, 0.1) is 17.1 Å². The fraction of sp³-hybridized carbons (Fsp3) is 0.100. The molecule has 0 atom stereocenters. The lowest BCUT2D eigenvalue weighted by Crippen LogP contribution is -1.80. The number of benzene rings is 1. The zero-order chi connectivity index (χ0) is 10.1. The van der Waals surface area contributed by atoms with Crippen molar-refractivity contribution in [2.45, 2.75) is 4.90 Å². The van der Waals surface area contributed by atoms with Crippen LogP contribution in [0.4, 0.5) is 4.39 Å². The molecule has 0 fully saturated rings. The molecule has 0 radical (unpaired) electrons. The van der Waals surface area contributed by atoms with E-state index in [2.05, 4.69) is 6.07 Å². The van der Waals surface area contributed by atoms with Gasteiger partial charge in [-0.05, 0) is 18.4 Å². The number of hydrogen-bond donors (Lipinski definition) is 0. The number of thioether (sulfide) groups is 1. The average Bonchev–Trinajstić information content (AvgIpc) is 2.58. The zero-order valence-electron chi connectivity index (χ0n) is 7.37. The van der Waals surface area contributed by atoms with Crippen LogP contribution in [0.3, 0.4) is 0 Å². The lowest BCUT2D eigenvalue weighted by Gasteiger charge is -1.99. The molecule has 0 saturated heterocycles. The first-order valence-electron chi connectivity index (χ1n) is 3.91. The maximum Gasteiger partial charge on any atom is 0.141 e. The van der Waals surface area contributed by atoms with Gasteiger partial charge in [-0.3, -0.25) is 0 Å². The third-order valence-corrected chi connectivity index (χ3v) is 3.66. The Morgan fingerprint density at radius 1 is 1.50 bits per heavy atom. The Kier molecular flexibility index (Phi) is 2.44. The second-order valence-electron chi connectivity index (χ2n) is 2.74. The normalized spacial score (nSPS) is 10.4. The molecule has 0 aliphatic rings. The number of thiophene rings is 1. The first-order chi connectivity index (χ1) is 6.76. The predicted octanol–water partition coefficient (Wildman–Crippen LogP) is 3.63. The van der Waals surface area contributed by atoms with E-state index in [1.807, 2.05) is 6.26 Å². The highest BCUT2D eigenvalue weighted by atomic mass is 32.2. The molecular weight excluding hydrogens is 217 g/mol. The quantitative estimate of drug-likeness (QED) is 0.689. The lowest BCUT2D eigenvalue weighted by molar-refractivity contribution is 0.644. The van der Waals surface area contributed by atoms with Gasteiger partial charge in [0, 0.05) is 20.4 Å². The largest absolute Gasteiger partial charge is 0.205 e. The van der Waals surface area contributed by atoms with Crippen LogP contribution in [0.25, 0.3) is 10.1 Å². The summed E-state index contributed by atoms with van der Waals surface area (Å²) >= 11 is 2.79.